The number of carbonyl (C=O) groups is 1. The molecule has 2 heterocycles. The van der Waals surface area contributed by atoms with Crippen LogP contribution in [0.4, 0.5) is 31.1 Å². The number of alkyl halides is 6. The molecule has 2 amide bonds. The molecule has 1 aromatic rings. The summed E-state index contributed by atoms with van der Waals surface area (Å²) in [7, 11) is 1.95. The summed E-state index contributed by atoms with van der Waals surface area (Å²) in [5, 5.41) is 2.84. The molecular weight excluding hydrogens is 498 g/mol. The minimum atomic E-state index is -4.92. The lowest BCUT2D eigenvalue weighted by molar-refractivity contribution is -0.143. The molecule has 0 aliphatic carbocycles. The second kappa shape index (κ2) is 11.1. The Kier molecular flexibility index (Phi) is 8.65. The van der Waals surface area contributed by atoms with E-state index in [-0.39, 0.29) is 6.03 Å². The summed E-state index contributed by atoms with van der Waals surface area (Å²) in [6.45, 7) is 1.84. The van der Waals surface area contributed by atoms with Crippen LogP contribution in [0.15, 0.2) is 47.0 Å². The number of nitrogens with zero attached hydrogens (tertiary/aromatic N) is 2. The predicted octanol–water partition coefficient (Wildman–Crippen LogP) is 4.63. The third-order valence-electron chi connectivity index (χ3n) is 5.73. The molecule has 0 saturated carbocycles. The maximum atomic E-state index is 13.3. The van der Waals surface area contributed by atoms with Crippen LogP contribution in [0.3, 0.4) is 0 Å². The van der Waals surface area contributed by atoms with Gasteiger partial charge in [-0.1, -0.05) is 10.8 Å². The Morgan fingerprint density at radius 3 is 2.43 bits per heavy atom. The third-order valence-corrected chi connectivity index (χ3v) is 7.04. The minimum Gasteiger partial charge on any atom is -0.376 e. The van der Waals surface area contributed by atoms with Gasteiger partial charge in [-0.25, -0.2) is 4.79 Å². The number of benzene rings is 1. The van der Waals surface area contributed by atoms with Crippen LogP contribution in [0, 0.1) is 0 Å². The molecule has 3 N–H and O–H groups in total. The Hall–Kier alpha value is -2.38. The van der Waals surface area contributed by atoms with Gasteiger partial charge in [0, 0.05) is 39.3 Å². The zero-order valence-corrected chi connectivity index (χ0v) is 19.7. The first kappa shape index (κ1) is 27.2. The van der Waals surface area contributed by atoms with Crippen molar-refractivity contribution in [3.63, 3.8) is 0 Å². The molecule has 1 saturated heterocycles. The molecule has 2 aliphatic heterocycles. The lowest BCUT2D eigenvalue weighted by Crippen LogP contribution is -2.49. The normalized spacial score (nSPS) is 18.5. The lowest BCUT2D eigenvalue weighted by Gasteiger charge is -2.31. The highest BCUT2D eigenvalue weighted by atomic mass is 32.2. The van der Waals surface area contributed by atoms with E-state index in [1.807, 2.05) is 30.3 Å². The predicted molar refractivity (Wildman–Crippen MR) is 120 cm³/mol. The van der Waals surface area contributed by atoms with Crippen LogP contribution < -0.4 is 10.0 Å². The van der Waals surface area contributed by atoms with E-state index >= 15 is 0 Å². The van der Waals surface area contributed by atoms with Gasteiger partial charge in [0.2, 0.25) is 4.90 Å². The van der Waals surface area contributed by atoms with Gasteiger partial charge in [-0.3, -0.25) is 0 Å². The summed E-state index contributed by atoms with van der Waals surface area (Å²) >= 11 is -2.27. The number of hydrogen-bond acceptors (Lipinski definition) is 4. The SMILES string of the molecule is CN1C=CC=C(CCNC(=O)N2CCC(N[S+](O)c3cc(C(F)(F)F)ccc3C(F)(F)F)CC2)C1. The third kappa shape index (κ3) is 7.55. The average molecular weight is 526 g/mol. The first-order valence-corrected chi connectivity index (χ1v) is 12.1. The number of amides is 2. The minimum absolute atomic E-state index is 0.260. The van der Waals surface area contributed by atoms with E-state index in [9.17, 15) is 35.7 Å². The molecule has 194 valence electrons. The van der Waals surface area contributed by atoms with Crippen molar-refractivity contribution < 1.29 is 35.7 Å². The van der Waals surface area contributed by atoms with E-state index in [1.54, 1.807) is 4.90 Å². The van der Waals surface area contributed by atoms with Crippen LogP contribution in [0.1, 0.15) is 30.4 Å². The molecule has 1 aromatic carbocycles. The second-order valence-electron chi connectivity index (χ2n) is 8.43. The number of allylic oxidation sites excluding steroid dienone is 2. The van der Waals surface area contributed by atoms with Gasteiger partial charge < -0.3 is 15.1 Å². The van der Waals surface area contributed by atoms with E-state index in [1.165, 1.54) is 5.57 Å². The Bertz CT molecular complexity index is 958. The van der Waals surface area contributed by atoms with Crippen LogP contribution >= 0.6 is 0 Å². The second-order valence-corrected chi connectivity index (χ2v) is 9.68. The molecule has 3 rings (SSSR count). The molecular formula is C22H27F6N4O2S+. The molecule has 2 aliphatic rings. The zero-order chi connectivity index (χ0) is 25.8. The number of urea groups is 1. The standard InChI is InChI=1S/C22H26F6N4O2S/c1-31-10-2-3-15(14-31)6-9-29-20(33)32-11-7-17(8-12-32)30-35(34)19-13-16(21(23,24)25)4-5-18(19)22(26,27)28/h2-5,10,13,17,30,34H,6-9,11-12,14H2,1H3/p+1. The highest BCUT2D eigenvalue weighted by Gasteiger charge is 2.44. The van der Waals surface area contributed by atoms with Crippen LogP contribution in [0.5, 0.6) is 0 Å². The van der Waals surface area contributed by atoms with E-state index in [0.717, 1.165) is 6.54 Å². The van der Waals surface area contributed by atoms with Crippen molar-refractivity contribution in [2.75, 3.05) is 33.2 Å². The lowest BCUT2D eigenvalue weighted by atomic mass is 10.1. The van der Waals surface area contributed by atoms with Gasteiger partial charge in [0.1, 0.15) is 5.56 Å². The first-order chi connectivity index (χ1) is 16.3. The molecule has 1 atom stereocenters. The molecule has 35 heavy (non-hydrogen) atoms. The molecule has 6 nitrogen and oxygen atoms in total. The highest BCUT2D eigenvalue weighted by molar-refractivity contribution is 7.89. The van der Waals surface area contributed by atoms with E-state index in [4.69, 9.17) is 0 Å². The van der Waals surface area contributed by atoms with Crippen LogP contribution in [-0.2, 0) is 23.7 Å². The van der Waals surface area contributed by atoms with E-state index < -0.39 is 45.8 Å². The summed E-state index contributed by atoms with van der Waals surface area (Å²) in [6, 6.07) is 0.291. The average Bonchev–Trinajstić information content (AvgIpc) is 2.78. The number of nitrogens with one attached hydrogen (secondary N) is 2. The van der Waals surface area contributed by atoms with Gasteiger partial charge in [0.25, 0.3) is 11.4 Å². The Labute approximate surface area is 202 Å². The van der Waals surface area contributed by atoms with Gasteiger partial charge in [-0.15, -0.1) is 0 Å². The molecule has 0 aromatic heterocycles. The number of piperidine rings is 1. The molecule has 0 spiro atoms. The zero-order valence-electron chi connectivity index (χ0n) is 18.9. The van der Waals surface area contributed by atoms with Crippen molar-refractivity contribution in [1.82, 2.24) is 19.8 Å². The summed E-state index contributed by atoms with van der Waals surface area (Å²) in [6.07, 6.45) is -2.51. The topological polar surface area (TPSA) is 67.8 Å². The van der Waals surface area contributed by atoms with Gasteiger partial charge in [-0.2, -0.15) is 30.9 Å². The molecule has 1 fully saturated rings. The number of likely N-dealkylation sites (N-methyl/N-ethyl adjacent to an activating group) is 1. The number of carbonyl (C=O) groups excluding carboxylic acids is 1. The summed E-state index contributed by atoms with van der Waals surface area (Å²) in [5.41, 5.74) is -1.41. The van der Waals surface area contributed by atoms with E-state index in [2.05, 4.69) is 10.0 Å². The van der Waals surface area contributed by atoms with Gasteiger partial charge >= 0.3 is 18.4 Å². The summed E-state index contributed by atoms with van der Waals surface area (Å²) < 4.78 is 92.0. The first-order valence-electron chi connectivity index (χ1n) is 10.9. The maximum absolute atomic E-state index is 13.3. The quantitative estimate of drug-likeness (QED) is 0.374. The number of rotatable bonds is 6. The monoisotopic (exact) mass is 525 g/mol. The van der Waals surface area contributed by atoms with Crippen molar-refractivity contribution >= 4 is 17.4 Å². The smallest absolute Gasteiger partial charge is 0.376 e. The Morgan fingerprint density at radius 2 is 1.83 bits per heavy atom. The highest BCUT2D eigenvalue weighted by Crippen LogP contribution is 2.38. The van der Waals surface area contributed by atoms with Crippen LogP contribution in [-0.4, -0.2) is 59.7 Å². The van der Waals surface area contributed by atoms with Crippen molar-refractivity contribution in [3.05, 3.63) is 53.3 Å². The van der Waals surface area contributed by atoms with Crippen molar-refractivity contribution in [2.24, 2.45) is 0 Å². The molecule has 0 radical (unpaired) electrons. The van der Waals surface area contributed by atoms with E-state index in [0.29, 0.717) is 57.1 Å². The number of halogens is 6. The van der Waals surface area contributed by atoms with Gasteiger partial charge in [-0.05, 0) is 49.2 Å². The largest absolute Gasteiger partial charge is 0.421 e. The maximum Gasteiger partial charge on any atom is 0.421 e. The van der Waals surface area contributed by atoms with Gasteiger partial charge in [0.05, 0.1) is 11.6 Å². The number of hydrogen-bond donors (Lipinski definition) is 3. The van der Waals surface area contributed by atoms with Crippen molar-refractivity contribution in [3.8, 4) is 0 Å². The Balaban J connectivity index is 1.52. The summed E-state index contributed by atoms with van der Waals surface area (Å²) in [4.78, 5) is 15.2. The van der Waals surface area contributed by atoms with Crippen molar-refractivity contribution in [2.45, 2.75) is 42.6 Å². The Morgan fingerprint density at radius 1 is 1.14 bits per heavy atom. The fraction of sp³-hybridized carbons (Fsp3) is 0.500. The van der Waals surface area contributed by atoms with Crippen molar-refractivity contribution in [1.29, 1.82) is 0 Å². The van der Waals surface area contributed by atoms with Crippen LogP contribution in [0.25, 0.3) is 0 Å². The fourth-order valence-corrected chi connectivity index (χ4v) is 5.18. The fourth-order valence-electron chi connectivity index (χ4n) is 3.87. The molecule has 0 bridgehead atoms. The molecule has 1 unspecified atom stereocenters. The van der Waals surface area contributed by atoms with Crippen LogP contribution in [0.2, 0.25) is 0 Å². The summed E-state index contributed by atoms with van der Waals surface area (Å²) in [5.74, 6) is 0. The molecule has 13 heteroatoms. The van der Waals surface area contributed by atoms with Gasteiger partial charge in [0.15, 0.2) is 0 Å². The number of likely N-dealkylation sites (tertiary alicyclic amines) is 1.